The number of sulfone groups is 1. The van der Waals surface area contributed by atoms with Gasteiger partial charge >= 0.3 is 5.97 Å². The summed E-state index contributed by atoms with van der Waals surface area (Å²) >= 11 is 5.73. The zero-order valence-corrected chi connectivity index (χ0v) is 15.7. The lowest BCUT2D eigenvalue weighted by atomic mass is 10.2. The van der Waals surface area contributed by atoms with Crippen molar-refractivity contribution in [1.82, 2.24) is 10.2 Å². The first kappa shape index (κ1) is 20.2. The molecule has 1 aromatic carbocycles. The minimum absolute atomic E-state index is 0.0474. The Morgan fingerprint density at radius 1 is 1.27 bits per heavy atom. The summed E-state index contributed by atoms with van der Waals surface area (Å²) in [4.78, 5) is 36.8. The van der Waals surface area contributed by atoms with Crippen LogP contribution in [0.15, 0.2) is 24.3 Å². The molecule has 2 rings (SSSR count). The highest BCUT2D eigenvalue weighted by atomic mass is 35.5. The second-order valence-electron chi connectivity index (χ2n) is 5.91. The number of rotatable bonds is 6. The van der Waals surface area contributed by atoms with Crippen LogP contribution in [0.2, 0.25) is 5.02 Å². The summed E-state index contributed by atoms with van der Waals surface area (Å²) in [6.07, 6.45) is 0.371. The molecule has 10 heteroatoms. The molecule has 1 N–H and O–H groups in total. The highest BCUT2D eigenvalue weighted by molar-refractivity contribution is 7.91. The molecule has 26 heavy (non-hydrogen) atoms. The van der Waals surface area contributed by atoms with Crippen LogP contribution >= 0.6 is 11.6 Å². The Morgan fingerprint density at radius 2 is 1.92 bits per heavy atom. The van der Waals surface area contributed by atoms with Crippen LogP contribution in [0.5, 0.6) is 0 Å². The van der Waals surface area contributed by atoms with Gasteiger partial charge in [0.2, 0.25) is 0 Å². The first-order valence-corrected chi connectivity index (χ1v) is 10.0. The smallest absolute Gasteiger partial charge is 0.325 e. The van der Waals surface area contributed by atoms with Gasteiger partial charge in [0.15, 0.2) is 16.4 Å². The average molecular weight is 403 g/mol. The number of esters is 1. The van der Waals surface area contributed by atoms with Gasteiger partial charge in [0, 0.05) is 23.7 Å². The van der Waals surface area contributed by atoms with Crippen molar-refractivity contribution in [1.29, 1.82) is 0 Å². The number of hydrogen-bond donors (Lipinski definition) is 1. The molecule has 0 spiro atoms. The van der Waals surface area contributed by atoms with E-state index in [1.165, 1.54) is 24.1 Å². The third-order valence-corrected chi connectivity index (χ3v) is 6.01. The molecule has 0 unspecified atom stereocenters. The molecule has 1 saturated heterocycles. The van der Waals surface area contributed by atoms with Crippen molar-refractivity contribution in [3.63, 3.8) is 0 Å². The standard InChI is InChI=1S/C16H19ClN2O6S/c1-19(13-6-7-26(23,24)10-13)14(20)9-25-15(21)8-18-16(22)11-2-4-12(17)5-3-11/h2-5,13H,6-10H2,1H3,(H,18,22)/t13-/m1/s1. The highest BCUT2D eigenvalue weighted by Gasteiger charge is 2.32. The molecule has 0 aromatic heterocycles. The molecular weight excluding hydrogens is 384 g/mol. The van der Waals surface area contributed by atoms with Crippen molar-refractivity contribution < 1.29 is 27.5 Å². The predicted molar refractivity (Wildman–Crippen MR) is 94.6 cm³/mol. The summed E-state index contributed by atoms with van der Waals surface area (Å²) in [6.45, 7) is -0.904. The average Bonchev–Trinajstić information content (AvgIpc) is 2.97. The predicted octanol–water partition coefficient (Wildman–Crippen LogP) is 0.259. The van der Waals surface area contributed by atoms with Crippen LogP contribution in [0.3, 0.4) is 0 Å². The Bertz CT molecular complexity index is 793. The molecule has 142 valence electrons. The van der Waals surface area contributed by atoms with Gasteiger partial charge in [-0.1, -0.05) is 11.6 Å². The molecule has 0 saturated carbocycles. The molecule has 0 bridgehead atoms. The summed E-state index contributed by atoms with van der Waals surface area (Å²) in [5.74, 6) is -1.78. The van der Waals surface area contributed by atoms with Crippen molar-refractivity contribution in [3.8, 4) is 0 Å². The minimum Gasteiger partial charge on any atom is -0.454 e. The molecule has 1 heterocycles. The second-order valence-corrected chi connectivity index (χ2v) is 8.58. The Kier molecular flexibility index (Phi) is 6.60. The maximum Gasteiger partial charge on any atom is 0.325 e. The molecule has 1 aliphatic heterocycles. The maximum atomic E-state index is 12.0. The van der Waals surface area contributed by atoms with E-state index in [9.17, 15) is 22.8 Å². The third-order valence-electron chi connectivity index (χ3n) is 4.01. The monoisotopic (exact) mass is 402 g/mol. The van der Waals surface area contributed by atoms with Crippen LogP contribution < -0.4 is 5.32 Å². The van der Waals surface area contributed by atoms with Crippen LogP contribution in [0, 0.1) is 0 Å². The van der Waals surface area contributed by atoms with Gasteiger partial charge in [-0.25, -0.2) is 8.42 Å². The van der Waals surface area contributed by atoms with E-state index in [2.05, 4.69) is 5.32 Å². The molecule has 0 radical (unpaired) electrons. The van der Waals surface area contributed by atoms with Crippen molar-refractivity contribution in [2.45, 2.75) is 12.5 Å². The molecule has 1 fully saturated rings. The van der Waals surface area contributed by atoms with Gasteiger partial charge < -0.3 is 15.0 Å². The Morgan fingerprint density at radius 3 is 2.50 bits per heavy atom. The van der Waals surface area contributed by atoms with E-state index in [-0.39, 0.29) is 11.5 Å². The number of nitrogens with one attached hydrogen (secondary N) is 1. The van der Waals surface area contributed by atoms with Crippen molar-refractivity contribution in [3.05, 3.63) is 34.9 Å². The Hall–Kier alpha value is -2.13. The maximum absolute atomic E-state index is 12.0. The number of ether oxygens (including phenoxy) is 1. The molecule has 0 aliphatic carbocycles. The number of carbonyl (C=O) groups excluding carboxylic acids is 3. The van der Waals surface area contributed by atoms with Crippen molar-refractivity contribution >= 4 is 39.2 Å². The number of carbonyl (C=O) groups is 3. The normalized spacial score (nSPS) is 18.2. The SMILES string of the molecule is CN(C(=O)COC(=O)CNC(=O)c1ccc(Cl)cc1)[C@@H]1CCS(=O)(=O)C1. The molecular formula is C16H19ClN2O6S. The molecule has 1 aliphatic rings. The van der Waals surface area contributed by atoms with E-state index in [1.807, 2.05) is 0 Å². The summed E-state index contributed by atoms with van der Waals surface area (Å²) in [5.41, 5.74) is 0.334. The van der Waals surface area contributed by atoms with E-state index in [1.54, 1.807) is 12.1 Å². The van der Waals surface area contributed by atoms with Crippen LogP contribution in [0.1, 0.15) is 16.8 Å². The van der Waals surface area contributed by atoms with E-state index >= 15 is 0 Å². The number of nitrogens with zero attached hydrogens (tertiary/aromatic N) is 1. The number of halogens is 1. The molecule has 2 amide bonds. The number of likely N-dealkylation sites (N-methyl/N-ethyl adjacent to an activating group) is 1. The molecule has 1 aromatic rings. The van der Waals surface area contributed by atoms with E-state index in [0.717, 1.165) is 0 Å². The Balaban J connectivity index is 1.73. The van der Waals surface area contributed by atoms with Gasteiger partial charge in [-0.05, 0) is 30.7 Å². The fraction of sp³-hybridized carbons (Fsp3) is 0.438. The number of benzene rings is 1. The van der Waals surface area contributed by atoms with Gasteiger partial charge in [0.25, 0.3) is 11.8 Å². The summed E-state index contributed by atoms with van der Waals surface area (Å²) < 4.78 is 27.7. The minimum atomic E-state index is -3.11. The summed E-state index contributed by atoms with van der Waals surface area (Å²) in [6, 6.07) is 5.71. The van der Waals surface area contributed by atoms with Crippen LogP contribution in [-0.4, -0.2) is 68.8 Å². The first-order valence-electron chi connectivity index (χ1n) is 7.83. The third kappa shape index (κ3) is 5.70. The van der Waals surface area contributed by atoms with E-state index in [4.69, 9.17) is 16.3 Å². The van der Waals surface area contributed by atoms with Gasteiger partial charge in [0.1, 0.15) is 6.54 Å². The first-order chi connectivity index (χ1) is 12.2. The second kappa shape index (κ2) is 8.50. The lowest BCUT2D eigenvalue weighted by Crippen LogP contribution is -2.41. The largest absolute Gasteiger partial charge is 0.454 e. The van der Waals surface area contributed by atoms with E-state index < -0.39 is 46.8 Å². The highest BCUT2D eigenvalue weighted by Crippen LogP contribution is 2.16. The van der Waals surface area contributed by atoms with Crippen molar-refractivity contribution in [2.24, 2.45) is 0 Å². The van der Waals surface area contributed by atoms with Gasteiger partial charge in [0.05, 0.1) is 11.5 Å². The van der Waals surface area contributed by atoms with Gasteiger partial charge in [-0.2, -0.15) is 0 Å². The van der Waals surface area contributed by atoms with Gasteiger partial charge in [-0.3, -0.25) is 14.4 Å². The summed E-state index contributed by atoms with van der Waals surface area (Å²) in [7, 11) is -1.63. The fourth-order valence-corrected chi connectivity index (χ4v) is 4.34. The fourth-order valence-electron chi connectivity index (χ4n) is 2.44. The van der Waals surface area contributed by atoms with Crippen LogP contribution in [0.4, 0.5) is 0 Å². The summed E-state index contributed by atoms with van der Waals surface area (Å²) in [5, 5.41) is 2.86. The quantitative estimate of drug-likeness (QED) is 0.683. The Labute approximate surface area is 156 Å². The van der Waals surface area contributed by atoms with Crippen LogP contribution in [0.25, 0.3) is 0 Å². The lowest BCUT2D eigenvalue weighted by molar-refractivity contribution is -0.151. The zero-order valence-electron chi connectivity index (χ0n) is 14.1. The lowest BCUT2D eigenvalue weighted by Gasteiger charge is -2.23. The molecule has 8 nitrogen and oxygen atoms in total. The van der Waals surface area contributed by atoms with E-state index in [0.29, 0.717) is 17.0 Å². The van der Waals surface area contributed by atoms with Crippen LogP contribution in [-0.2, 0) is 24.2 Å². The van der Waals surface area contributed by atoms with Gasteiger partial charge in [-0.15, -0.1) is 0 Å². The number of amides is 2. The molecule has 1 atom stereocenters. The van der Waals surface area contributed by atoms with Crippen molar-refractivity contribution in [2.75, 3.05) is 31.7 Å². The number of hydrogen-bond acceptors (Lipinski definition) is 6. The zero-order chi connectivity index (χ0) is 19.3. The topological polar surface area (TPSA) is 110 Å².